The Hall–Kier alpha value is -2.19. The molecule has 1 rings (SSSR count). The number of carbonyl (C=O) groups excluding carboxylic acids is 1. The van der Waals surface area contributed by atoms with Crippen LogP contribution >= 0.6 is 11.6 Å². The zero-order valence-electron chi connectivity index (χ0n) is 11.6. The van der Waals surface area contributed by atoms with Gasteiger partial charge in [0.2, 0.25) is 0 Å². The van der Waals surface area contributed by atoms with Crippen molar-refractivity contribution in [1.82, 2.24) is 10.6 Å². The van der Waals surface area contributed by atoms with Crippen LogP contribution in [0.25, 0.3) is 0 Å². The van der Waals surface area contributed by atoms with Crippen molar-refractivity contribution in [3.05, 3.63) is 41.6 Å². The number of halogens is 1. The number of alkyl halides is 1. The fraction of sp³-hybridized carbons (Fsp3) is 0.333. The Kier molecular flexibility index (Phi) is 7.77. The predicted molar refractivity (Wildman–Crippen MR) is 81.9 cm³/mol. The highest BCUT2D eigenvalue weighted by Gasteiger charge is 2.07. The highest BCUT2D eigenvalue weighted by molar-refractivity contribution is 6.17. The molecule has 5 nitrogen and oxygen atoms in total. The van der Waals surface area contributed by atoms with Gasteiger partial charge in [-0.05, 0) is 30.5 Å². The molecule has 1 aromatic carbocycles. The minimum Gasteiger partial charge on any atom is -0.508 e. The average molecular weight is 308 g/mol. The van der Waals surface area contributed by atoms with Crippen LogP contribution in [-0.2, 0) is 11.2 Å². The summed E-state index contributed by atoms with van der Waals surface area (Å²) in [6.45, 7) is 1.04. The number of phenols is 1. The molecule has 0 spiro atoms. The van der Waals surface area contributed by atoms with Crippen molar-refractivity contribution in [3.8, 4) is 11.8 Å². The van der Waals surface area contributed by atoms with Crippen molar-refractivity contribution in [2.24, 2.45) is 0 Å². The zero-order chi connectivity index (χ0) is 15.5. The first-order valence-corrected chi connectivity index (χ1v) is 7.16. The first-order valence-electron chi connectivity index (χ1n) is 6.63. The van der Waals surface area contributed by atoms with Crippen molar-refractivity contribution in [2.75, 3.05) is 19.0 Å². The highest BCUT2D eigenvalue weighted by atomic mass is 35.5. The first kappa shape index (κ1) is 16.9. The molecule has 0 saturated heterocycles. The molecule has 1 amide bonds. The molecule has 6 heteroatoms. The van der Waals surface area contributed by atoms with Gasteiger partial charge in [-0.15, -0.1) is 11.6 Å². The topological polar surface area (TPSA) is 85.2 Å². The highest BCUT2D eigenvalue weighted by Crippen LogP contribution is 2.09. The van der Waals surface area contributed by atoms with Crippen LogP contribution in [0, 0.1) is 11.3 Å². The van der Waals surface area contributed by atoms with E-state index in [0.29, 0.717) is 25.4 Å². The van der Waals surface area contributed by atoms with Crippen LogP contribution in [0.5, 0.6) is 5.75 Å². The van der Waals surface area contributed by atoms with Gasteiger partial charge in [-0.3, -0.25) is 4.79 Å². The molecule has 0 bridgehead atoms. The molecular weight excluding hydrogens is 290 g/mol. The number of carbonyl (C=O) groups is 1. The van der Waals surface area contributed by atoms with Crippen molar-refractivity contribution in [1.29, 1.82) is 5.26 Å². The Bertz CT molecular complexity index is 521. The second kappa shape index (κ2) is 9.67. The van der Waals surface area contributed by atoms with Crippen LogP contribution in [0.3, 0.4) is 0 Å². The molecule has 1 aromatic rings. The zero-order valence-corrected chi connectivity index (χ0v) is 12.4. The standard InChI is InChI=1S/C15H18ClN3O2/c16-7-1-8-19-15(21)13(10-17)11-18-9-6-12-2-4-14(20)5-3-12/h2-5,11,18,20H,1,6-9H2,(H,19,21)/b13-11-. The van der Waals surface area contributed by atoms with Gasteiger partial charge in [-0.25, -0.2) is 0 Å². The Labute approximate surface area is 129 Å². The van der Waals surface area contributed by atoms with Crippen LogP contribution < -0.4 is 10.6 Å². The molecule has 0 heterocycles. The molecule has 112 valence electrons. The maximum atomic E-state index is 11.6. The lowest BCUT2D eigenvalue weighted by atomic mass is 10.1. The molecule has 0 radical (unpaired) electrons. The molecule has 0 saturated carbocycles. The summed E-state index contributed by atoms with van der Waals surface area (Å²) in [5.41, 5.74) is 1.09. The molecular formula is C15H18ClN3O2. The SMILES string of the molecule is N#C/C(=C/NCCc1ccc(O)cc1)C(=O)NCCCCl. The molecule has 0 aliphatic carbocycles. The third-order valence-corrected chi connectivity index (χ3v) is 2.97. The summed E-state index contributed by atoms with van der Waals surface area (Å²) in [6, 6.07) is 8.75. The predicted octanol–water partition coefficient (Wildman–Crippen LogP) is 1.68. The van der Waals surface area contributed by atoms with Gasteiger partial charge in [-0.1, -0.05) is 12.1 Å². The van der Waals surface area contributed by atoms with Crippen LogP contribution in [0.4, 0.5) is 0 Å². The maximum absolute atomic E-state index is 11.6. The molecule has 0 aromatic heterocycles. The quantitative estimate of drug-likeness (QED) is 0.295. The van der Waals surface area contributed by atoms with Crippen LogP contribution in [-0.4, -0.2) is 30.0 Å². The molecule has 3 N–H and O–H groups in total. The number of nitrogens with zero attached hydrogens (tertiary/aromatic N) is 1. The van der Waals surface area contributed by atoms with Crippen molar-refractivity contribution in [2.45, 2.75) is 12.8 Å². The third-order valence-electron chi connectivity index (χ3n) is 2.70. The lowest BCUT2D eigenvalue weighted by molar-refractivity contribution is -0.117. The van der Waals surface area contributed by atoms with Gasteiger partial charge in [-0.2, -0.15) is 5.26 Å². The van der Waals surface area contributed by atoms with Gasteiger partial charge >= 0.3 is 0 Å². The maximum Gasteiger partial charge on any atom is 0.263 e. The van der Waals surface area contributed by atoms with E-state index in [1.54, 1.807) is 12.1 Å². The minimum atomic E-state index is -0.403. The summed E-state index contributed by atoms with van der Waals surface area (Å²) >= 11 is 5.51. The number of hydrogen-bond acceptors (Lipinski definition) is 4. The van der Waals surface area contributed by atoms with E-state index in [1.165, 1.54) is 6.20 Å². The number of hydrogen-bond donors (Lipinski definition) is 3. The van der Waals surface area contributed by atoms with E-state index < -0.39 is 5.91 Å². The Morgan fingerprint density at radius 3 is 2.67 bits per heavy atom. The molecule has 0 fully saturated rings. The van der Waals surface area contributed by atoms with Crippen molar-refractivity contribution in [3.63, 3.8) is 0 Å². The smallest absolute Gasteiger partial charge is 0.263 e. The fourth-order valence-corrected chi connectivity index (χ4v) is 1.70. The summed E-state index contributed by atoms with van der Waals surface area (Å²) < 4.78 is 0. The largest absolute Gasteiger partial charge is 0.508 e. The molecule has 0 atom stereocenters. The summed E-state index contributed by atoms with van der Waals surface area (Å²) in [7, 11) is 0. The van der Waals surface area contributed by atoms with E-state index in [4.69, 9.17) is 22.0 Å². The minimum absolute atomic E-state index is 0.0373. The van der Waals surface area contributed by atoms with E-state index >= 15 is 0 Å². The molecule has 0 aliphatic heterocycles. The summed E-state index contributed by atoms with van der Waals surface area (Å²) in [5.74, 6) is 0.295. The van der Waals surface area contributed by atoms with E-state index in [9.17, 15) is 4.79 Å². The second-order valence-corrected chi connectivity index (χ2v) is 4.72. The summed E-state index contributed by atoms with van der Waals surface area (Å²) in [4.78, 5) is 11.6. The second-order valence-electron chi connectivity index (χ2n) is 4.34. The molecule has 21 heavy (non-hydrogen) atoms. The number of aromatic hydroxyl groups is 1. The summed E-state index contributed by atoms with van der Waals surface area (Å²) in [5, 5.41) is 23.7. The number of phenolic OH excluding ortho intramolecular Hbond substituents is 1. The average Bonchev–Trinajstić information content (AvgIpc) is 2.49. The van der Waals surface area contributed by atoms with E-state index in [1.807, 2.05) is 18.2 Å². The van der Waals surface area contributed by atoms with Gasteiger partial charge in [0.1, 0.15) is 17.4 Å². The molecule has 0 unspecified atom stereocenters. The van der Waals surface area contributed by atoms with Gasteiger partial charge in [0.05, 0.1) is 0 Å². The van der Waals surface area contributed by atoms with Crippen LogP contribution in [0.1, 0.15) is 12.0 Å². The monoisotopic (exact) mass is 307 g/mol. The van der Waals surface area contributed by atoms with E-state index in [0.717, 1.165) is 12.0 Å². The Morgan fingerprint density at radius 2 is 2.05 bits per heavy atom. The number of nitrogens with one attached hydrogen (secondary N) is 2. The van der Waals surface area contributed by atoms with Gasteiger partial charge in [0, 0.05) is 25.2 Å². The number of rotatable bonds is 8. The van der Waals surface area contributed by atoms with Gasteiger partial charge in [0.15, 0.2) is 0 Å². The summed E-state index contributed by atoms with van der Waals surface area (Å²) in [6.07, 6.45) is 2.81. The van der Waals surface area contributed by atoms with Crippen LogP contribution in [0.15, 0.2) is 36.0 Å². The lowest BCUT2D eigenvalue weighted by Gasteiger charge is -2.04. The van der Waals surface area contributed by atoms with Crippen molar-refractivity contribution < 1.29 is 9.90 Å². The molecule has 0 aliphatic rings. The number of benzene rings is 1. The lowest BCUT2D eigenvalue weighted by Crippen LogP contribution is -2.27. The number of nitriles is 1. The Morgan fingerprint density at radius 1 is 1.33 bits per heavy atom. The van der Waals surface area contributed by atoms with Gasteiger partial charge < -0.3 is 15.7 Å². The first-order chi connectivity index (χ1) is 10.2. The normalized spacial score (nSPS) is 10.8. The van der Waals surface area contributed by atoms with E-state index in [-0.39, 0.29) is 11.3 Å². The fourth-order valence-electron chi connectivity index (χ4n) is 1.57. The van der Waals surface area contributed by atoms with Crippen molar-refractivity contribution >= 4 is 17.5 Å². The Balaban J connectivity index is 2.37. The van der Waals surface area contributed by atoms with Crippen LogP contribution in [0.2, 0.25) is 0 Å². The number of amides is 1. The third kappa shape index (κ3) is 6.68. The van der Waals surface area contributed by atoms with E-state index in [2.05, 4.69) is 10.6 Å². The van der Waals surface area contributed by atoms with Gasteiger partial charge in [0.25, 0.3) is 5.91 Å².